The SMILES string of the molecule is Cn1c2c(c(=O)n(CCC(C)(C)O)c1=O)N(Cc1ccc(Cl)cc1)C(Oc1cccc(OC(F)(F)F)c1)N2. The van der Waals surface area contributed by atoms with Crippen LogP contribution in [-0.2, 0) is 20.1 Å². The molecule has 2 N–H and O–H groups in total. The van der Waals surface area contributed by atoms with Gasteiger partial charge < -0.3 is 24.8 Å². The molecule has 13 heteroatoms. The molecule has 2 heterocycles. The summed E-state index contributed by atoms with van der Waals surface area (Å²) in [6.07, 6.45) is -5.80. The zero-order valence-corrected chi connectivity index (χ0v) is 21.5. The third-order valence-electron chi connectivity index (χ3n) is 5.86. The molecule has 0 saturated carbocycles. The van der Waals surface area contributed by atoms with E-state index in [0.717, 1.165) is 22.3 Å². The van der Waals surface area contributed by atoms with E-state index in [0.29, 0.717) is 5.02 Å². The number of rotatable bonds is 8. The molecular weight excluding hydrogens is 529 g/mol. The fourth-order valence-electron chi connectivity index (χ4n) is 3.99. The zero-order chi connectivity index (χ0) is 27.8. The van der Waals surface area contributed by atoms with Crippen LogP contribution in [0.25, 0.3) is 0 Å². The van der Waals surface area contributed by atoms with Gasteiger partial charge in [0, 0.05) is 31.2 Å². The second-order valence-electron chi connectivity index (χ2n) is 9.45. The van der Waals surface area contributed by atoms with E-state index in [2.05, 4.69) is 10.1 Å². The number of alkyl halides is 3. The van der Waals surface area contributed by atoms with E-state index in [9.17, 15) is 27.9 Å². The van der Waals surface area contributed by atoms with Gasteiger partial charge in [0.2, 0.25) is 0 Å². The first kappa shape index (κ1) is 27.4. The minimum absolute atomic E-state index is 0.0284. The lowest BCUT2D eigenvalue weighted by Gasteiger charge is -2.27. The third-order valence-corrected chi connectivity index (χ3v) is 6.11. The molecule has 1 aliphatic heterocycles. The third kappa shape index (κ3) is 6.25. The number of nitrogens with zero attached hydrogens (tertiary/aromatic N) is 3. The summed E-state index contributed by atoms with van der Waals surface area (Å²) >= 11 is 6.01. The Morgan fingerprint density at radius 2 is 1.74 bits per heavy atom. The Kier molecular flexibility index (Phi) is 7.39. The number of hydrogen-bond acceptors (Lipinski definition) is 7. The molecule has 204 valence electrons. The molecule has 2 aromatic carbocycles. The molecule has 0 bridgehead atoms. The summed E-state index contributed by atoms with van der Waals surface area (Å²) in [6.45, 7) is 3.26. The average molecular weight is 555 g/mol. The number of anilines is 2. The number of fused-ring (bicyclic) bond motifs is 1. The Labute approximate surface area is 220 Å². The summed E-state index contributed by atoms with van der Waals surface area (Å²) in [5.41, 5.74) is -1.43. The Morgan fingerprint density at radius 3 is 2.37 bits per heavy atom. The number of hydrogen-bond donors (Lipinski definition) is 2. The molecule has 0 fully saturated rings. The summed E-state index contributed by atoms with van der Waals surface area (Å²) in [5, 5.41) is 13.6. The van der Waals surface area contributed by atoms with Gasteiger partial charge in [0.05, 0.1) is 5.60 Å². The van der Waals surface area contributed by atoms with Gasteiger partial charge in [-0.1, -0.05) is 29.8 Å². The molecule has 1 aliphatic rings. The second kappa shape index (κ2) is 10.3. The fraction of sp³-hybridized carbons (Fsp3) is 0.360. The predicted molar refractivity (Wildman–Crippen MR) is 136 cm³/mol. The van der Waals surface area contributed by atoms with E-state index in [1.165, 1.54) is 23.7 Å². The number of aliphatic hydroxyl groups is 1. The monoisotopic (exact) mass is 554 g/mol. The molecule has 38 heavy (non-hydrogen) atoms. The van der Waals surface area contributed by atoms with Gasteiger partial charge in [-0.15, -0.1) is 13.2 Å². The molecule has 0 amide bonds. The Bertz CT molecular complexity index is 1430. The van der Waals surface area contributed by atoms with Crippen LogP contribution in [0.4, 0.5) is 24.7 Å². The van der Waals surface area contributed by atoms with Gasteiger partial charge in [0.25, 0.3) is 11.9 Å². The number of halogens is 4. The second-order valence-corrected chi connectivity index (χ2v) is 9.89. The smallest absolute Gasteiger partial charge is 0.452 e. The highest BCUT2D eigenvalue weighted by Crippen LogP contribution is 2.34. The molecule has 1 unspecified atom stereocenters. The van der Waals surface area contributed by atoms with Crippen LogP contribution in [0, 0.1) is 0 Å². The van der Waals surface area contributed by atoms with Crippen LogP contribution in [-0.4, -0.2) is 32.6 Å². The summed E-state index contributed by atoms with van der Waals surface area (Å²) in [4.78, 5) is 28.2. The number of aromatic nitrogens is 2. The molecule has 0 spiro atoms. The maximum atomic E-state index is 13.6. The highest BCUT2D eigenvalue weighted by molar-refractivity contribution is 6.30. The van der Waals surface area contributed by atoms with Gasteiger partial charge >= 0.3 is 12.1 Å². The van der Waals surface area contributed by atoms with Crippen LogP contribution < -0.4 is 30.9 Å². The van der Waals surface area contributed by atoms with Gasteiger partial charge in [0.15, 0.2) is 0 Å². The Hall–Kier alpha value is -3.64. The van der Waals surface area contributed by atoms with E-state index < -0.39 is 35.3 Å². The maximum Gasteiger partial charge on any atom is 0.573 e. The van der Waals surface area contributed by atoms with Crippen molar-refractivity contribution in [2.75, 3.05) is 10.2 Å². The normalized spacial score (nSPS) is 15.3. The van der Waals surface area contributed by atoms with E-state index in [4.69, 9.17) is 16.3 Å². The van der Waals surface area contributed by atoms with Crippen molar-refractivity contribution < 1.29 is 27.8 Å². The van der Waals surface area contributed by atoms with E-state index in [1.807, 2.05) is 0 Å². The van der Waals surface area contributed by atoms with Gasteiger partial charge in [0.1, 0.15) is 23.0 Å². The highest BCUT2D eigenvalue weighted by Gasteiger charge is 2.37. The van der Waals surface area contributed by atoms with Crippen molar-refractivity contribution in [1.29, 1.82) is 0 Å². The van der Waals surface area contributed by atoms with E-state index >= 15 is 0 Å². The minimum Gasteiger partial charge on any atom is -0.452 e. The van der Waals surface area contributed by atoms with Crippen LogP contribution in [0.2, 0.25) is 5.02 Å². The van der Waals surface area contributed by atoms with Crippen molar-refractivity contribution in [2.45, 2.75) is 51.7 Å². The van der Waals surface area contributed by atoms with E-state index in [-0.39, 0.29) is 36.8 Å². The largest absolute Gasteiger partial charge is 0.573 e. The first-order valence-electron chi connectivity index (χ1n) is 11.6. The lowest BCUT2D eigenvalue weighted by molar-refractivity contribution is -0.274. The minimum atomic E-state index is -4.88. The first-order chi connectivity index (χ1) is 17.7. The molecule has 0 radical (unpaired) electrons. The lowest BCUT2D eigenvalue weighted by atomic mass is 10.1. The van der Waals surface area contributed by atoms with Crippen LogP contribution in [0.5, 0.6) is 11.5 Å². The summed E-state index contributed by atoms with van der Waals surface area (Å²) < 4.78 is 50.4. The van der Waals surface area contributed by atoms with E-state index in [1.54, 1.807) is 43.0 Å². The molecule has 0 saturated heterocycles. The highest BCUT2D eigenvalue weighted by atomic mass is 35.5. The molecule has 3 aromatic rings. The van der Waals surface area contributed by atoms with Crippen LogP contribution in [0.15, 0.2) is 58.1 Å². The zero-order valence-electron chi connectivity index (χ0n) is 20.8. The standard InChI is InChI=1S/C25H26ClF3N4O5/c1-24(2,36)11-12-32-21(34)19-20(31(3)23(32)35)30-22(33(19)14-15-7-9-16(26)10-8-15)37-17-5-4-6-18(13-17)38-25(27,28)29/h4-10,13,22,30,36H,11-12,14H2,1-3H3. The van der Waals surface area contributed by atoms with Crippen molar-refractivity contribution in [3.05, 3.63) is 80.0 Å². The number of benzene rings is 2. The van der Waals surface area contributed by atoms with Gasteiger partial charge in [-0.2, -0.15) is 0 Å². The quantitative estimate of drug-likeness (QED) is 0.433. The Morgan fingerprint density at radius 1 is 1.08 bits per heavy atom. The predicted octanol–water partition coefficient (Wildman–Crippen LogP) is 4.05. The molecule has 0 aliphatic carbocycles. The van der Waals surface area contributed by atoms with Crippen molar-refractivity contribution in [3.63, 3.8) is 0 Å². The van der Waals surface area contributed by atoms with Gasteiger partial charge in [-0.3, -0.25) is 13.9 Å². The molecular formula is C25H26ClF3N4O5. The van der Waals surface area contributed by atoms with Crippen molar-refractivity contribution in [2.24, 2.45) is 7.05 Å². The number of ether oxygens (including phenoxy) is 2. The lowest BCUT2D eigenvalue weighted by Crippen LogP contribution is -2.44. The average Bonchev–Trinajstić information content (AvgIpc) is 3.15. The van der Waals surface area contributed by atoms with Crippen LogP contribution in [0.3, 0.4) is 0 Å². The summed E-state index contributed by atoms with van der Waals surface area (Å²) in [5.74, 6) is -0.261. The van der Waals surface area contributed by atoms with Crippen molar-refractivity contribution >= 4 is 23.1 Å². The summed E-state index contributed by atoms with van der Waals surface area (Å²) in [6, 6.07) is 11.8. The van der Waals surface area contributed by atoms with Crippen LogP contribution >= 0.6 is 11.6 Å². The Balaban J connectivity index is 1.74. The van der Waals surface area contributed by atoms with Gasteiger partial charge in [-0.05, 0) is 50.1 Å². The summed E-state index contributed by atoms with van der Waals surface area (Å²) in [7, 11) is 1.48. The van der Waals surface area contributed by atoms with Gasteiger partial charge in [-0.25, -0.2) is 4.79 Å². The first-order valence-corrected chi connectivity index (χ1v) is 12.0. The topological polar surface area (TPSA) is 98.0 Å². The van der Waals surface area contributed by atoms with Crippen LogP contribution in [0.1, 0.15) is 25.8 Å². The molecule has 9 nitrogen and oxygen atoms in total. The van der Waals surface area contributed by atoms with Crippen molar-refractivity contribution in [3.8, 4) is 11.5 Å². The van der Waals surface area contributed by atoms with Crippen molar-refractivity contribution in [1.82, 2.24) is 9.13 Å². The molecule has 1 aromatic heterocycles. The molecule has 1 atom stereocenters. The molecule has 4 rings (SSSR count). The number of nitrogens with one attached hydrogen (secondary N) is 1. The fourth-order valence-corrected chi connectivity index (χ4v) is 4.11. The maximum absolute atomic E-state index is 13.6.